The van der Waals surface area contributed by atoms with Gasteiger partial charge in [-0.3, -0.25) is 9.59 Å². The predicted octanol–water partition coefficient (Wildman–Crippen LogP) is 7.36. The summed E-state index contributed by atoms with van der Waals surface area (Å²) in [5.74, 6) is 1.73. The van der Waals surface area contributed by atoms with E-state index in [0.29, 0.717) is 44.7 Å². The summed E-state index contributed by atoms with van der Waals surface area (Å²) in [6.07, 6.45) is 9.73. The number of hydrogen-bond acceptors (Lipinski definition) is 16. The molecule has 0 radical (unpaired) electrons. The first-order valence-corrected chi connectivity index (χ1v) is 23.0. The van der Waals surface area contributed by atoms with E-state index in [-0.39, 0.29) is 58.6 Å². The Hall–Kier alpha value is -8.63. The van der Waals surface area contributed by atoms with Crippen molar-refractivity contribution in [1.82, 2.24) is 39.0 Å². The van der Waals surface area contributed by atoms with E-state index in [1.807, 2.05) is 77.6 Å². The number of benzene rings is 2. The Balaban J connectivity index is 0.000000162. The zero-order valence-corrected chi connectivity index (χ0v) is 40.2. The van der Waals surface area contributed by atoms with Crippen molar-refractivity contribution in [3.05, 3.63) is 158 Å². The third-order valence-electron chi connectivity index (χ3n) is 11.9. The van der Waals surface area contributed by atoms with E-state index < -0.39 is 7.12 Å². The normalized spacial score (nSPS) is 13.5. The van der Waals surface area contributed by atoms with Gasteiger partial charge < -0.3 is 50.8 Å². The molecule has 2 saturated carbocycles. The maximum atomic E-state index is 13.9. The smallest absolute Gasteiger partial charge is 0.481 e. The largest absolute Gasteiger partial charge is 0.488 e. The molecule has 2 fully saturated rings. The SMILES string of the molecule is COc1cc(B(O)O)ccn1.[C-]#[N+]c1cnc(N)nc1N[C@@H](C)c1cc2cccc(-c3ccnc(OC)c3)c2c(=O)n1C1CC1.[C-]#[N+]c1cnc(N)nc1N[C@@H](C)c1cc2cccc(Cl)c2c(=O)n1C1CC1. The van der Waals surface area contributed by atoms with Crippen LogP contribution >= 0.6 is 11.6 Å². The summed E-state index contributed by atoms with van der Waals surface area (Å²) in [6, 6.07) is 21.7. The highest BCUT2D eigenvalue weighted by Crippen LogP contribution is 2.40. The molecule has 0 bridgehead atoms. The van der Waals surface area contributed by atoms with Crippen molar-refractivity contribution < 1.29 is 19.5 Å². The Morgan fingerprint density at radius 1 is 0.708 bits per heavy atom. The molecule has 2 aromatic carbocycles. The number of hydrogen-bond donors (Lipinski definition) is 6. The van der Waals surface area contributed by atoms with E-state index in [4.69, 9.17) is 55.7 Å². The standard InChI is InChI=1S/C25H23N7O2.C19H17ClN6O.C6H8BNO3/c1-14(30-23-19(27-2)13-29-25(26)31-23)20-11-16-5-4-6-18(15-9-10-28-21(12-15)34-3)22(16)24(33)32(20)17-7-8-17;1-10(24-17-14(22-2)9-23-19(21)25-17)15-8-11-4-3-5-13(20)16(11)18(27)26(15)12-6-7-12;1-11-6-4-5(7(9)10)2-3-8-6/h4-6,9-14,17H,7-8H2,1,3H3,(H3,26,29,30,31);3-5,8-10,12H,6-7H2,1H3,(H3,21,23,24,25);2-4,9-10H,1H3/t14-;10-;/m00./s1. The Kier molecular flexibility index (Phi) is 14.9. The third kappa shape index (κ3) is 10.9. The van der Waals surface area contributed by atoms with Gasteiger partial charge in [-0.05, 0) is 97.2 Å². The van der Waals surface area contributed by atoms with Crippen molar-refractivity contribution in [2.24, 2.45) is 0 Å². The molecule has 22 heteroatoms. The van der Waals surface area contributed by atoms with Gasteiger partial charge in [-0.1, -0.05) is 41.9 Å². The van der Waals surface area contributed by atoms with E-state index in [1.165, 1.54) is 37.8 Å². The topological polar surface area (TPSA) is 265 Å². The Bertz CT molecular complexity index is 3540. The summed E-state index contributed by atoms with van der Waals surface area (Å²) in [4.78, 5) is 58.0. The zero-order valence-electron chi connectivity index (χ0n) is 39.5. The van der Waals surface area contributed by atoms with Gasteiger partial charge in [-0.25, -0.2) is 39.6 Å². The Morgan fingerprint density at radius 2 is 1.19 bits per heavy atom. The fourth-order valence-corrected chi connectivity index (χ4v) is 8.44. The second-order valence-corrected chi connectivity index (χ2v) is 17.3. The molecule has 8 N–H and O–H groups in total. The summed E-state index contributed by atoms with van der Waals surface area (Å²) >= 11 is 6.29. The fourth-order valence-electron chi connectivity index (χ4n) is 8.17. The predicted molar refractivity (Wildman–Crippen MR) is 278 cm³/mol. The van der Waals surface area contributed by atoms with Crippen molar-refractivity contribution >= 4 is 80.6 Å². The second kappa shape index (κ2) is 21.6. The van der Waals surface area contributed by atoms with E-state index in [1.54, 1.807) is 19.4 Å². The van der Waals surface area contributed by atoms with E-state index in [9.17, 15) is 9.59 Å². The lowest BCUT2D eigenvalue weighted by Gasteiger charge is -2.22. The molecule has 0 spiro atoms. The van der Waals surface area contributed by atoms with Crippen LogP contribution < -0.4 is 48.2 Å². The second-order valence-electron chi connectivity index (χ2n) is 16.9. The van der Waals surface area contributed by atoms with Crippen LogP contribution in [-0.4, -0.2) is 70.4 Å². The van der Waals surface area contributed by atoms with Crippen LogP contribution in [0.1, 0.15) is 75.1 Å². The van der Waals surface area contributed by atoms with Crippen molar-refractivity contribution in [1.29, 1.82) is 0 Å². The van der Waals surface area contributed by atoms with Gasteiger partial charge in [-0.15, -0.1) is 0 Å². The van der Waals surface area contributed by atoms with Crippen molar-refractivity contribution in [3.8, 4) is 22.9 Å². The lowest BCUT2D eigenvalue weighted by Crippen LogP contribution is -2.29. The summed E-state index contributed by atoms with van der Waals surface area (Å²) in [7, 11) is 1.57. The quantitative estimate of drug-likeness (QED) is 0.0516. The molecule has 2 aliphatic carbocycles. The van der Waals surface area contributed by atoms with Gasteiger partial charge >= 0.3 is 7.12 Å². The first kappa shape index (κ1) is 49.8. The molecule has 20 nitrogen and oxygen atoms in total. The number of nitrogen functional groups attached to an aromatic ring is 2. The number of rotatable bonds is 12. The maximum Gasteiger partial charge on any atom is 0.488 e. The highest BCUT2D eigenvalue weighted by atomic mass is 35.5. The molecule has 72 heavy (non-hydrogen) atoms. The average molecular weight is 987 g/mol. The van der Waals surface area contributed by atoms with Crippen LogP contribution in [0.4, 0.5) is 34.9 Å². The zero-order chi connectivity index (χ0) is 51.2. The van der Waals surface area contributed by atoms with Gasteiger partial charge in [0.25, 0.3) is 11.1 Å². The molecular weight excluding hydrogens is 939 g/mol. The van der Waals surface area contributed by atoms with Crippen LogP contribution in [0.2, 0.25) is 5.02 Å². The van der Waals surface area contributed by atoms with Crippen LogP contribution in [0.25, 0.3) is 42.4 Å². The molecule has 364 valence electrons. The number of halogens is 1. The Labute approximate surface area is 418 Å². The number of nitrogens with zero attached hydrogens (tertiary/aromatic N) is 10. The van der Waals surface area contributed by atoms with Gasteiger partial charge in [0, 0.05) is 60.4 Å². The highest BCUT2D eigenvalue weighted by molar-refractivity contribution is 6.58. The molecule has 6 aromatic heterocycles. The van der Waals surface area contributed by atoms with E-state index in [0.717, 1.165) is 59.0 Å². The van der Waals surface area contributed by atoms with E-state index in [2.05, 4.69) is 50.2 Å². The maximum absolute atomic E-state index is 13.9. The number of anilines is 4. The monoisotopic (exact) mass is 986 g/mol. The van der Waals surface area contributed by atoms with Gasteiger partial charge in [0.15, 0.2) is 0 Å². The number of methoxy groups -OCH3 is 2. The summed E-state index contributed by atoms with van der Waals surface area (Å²) < 4.78 is 13.7. The molecule has 6 heterocycles. The van der Waals surface area contributed by atoms with Crippen molar-refractivity contribution in [2.45, 2.75) is 63.7 Å². The van der Waals surface area contributed by atoms with Crippen LogP contribution in [0.3, 0.4) is 0 Å². The number of pyridine rings is 4. The summed E-state index contributed by atoms with van der Waals surface area (Å²) in [6.45, 7) is 18.6. The van der Waals surface area contributed by atoms with Gasteiger partial charge in [0.05, 0.1) is 55.2 Å². The van der Waals surface area contributed by atoms with Crippen LogP contribution in [0.5, 0.6) is 11.8 Å². The number of aromatic nitrogens is 8. The molecule has 0 aliphatic heterocycles. The van der Waals surface area contributed by atoms with Crippen LogP contribution in [0, 0.1) is 13.1 Å². The highest BCUT2D eigenvalue weighted by Gasteiger charge is 2.31. The molecule has 0 saturated heterocycles. The molecule has 0 amide bonds. The molecule has 2 aliphatic rings. The van der Waals surface area contributed by atoms with Crippen molar-refractivity contribution in [2.75, 3.05) is 36.3 Å². The van der Waals surface area contributed by atoms with Gasteiger partial charge in [0.1, 0.15) is 11.6 Å². The lowest BCUT2D eigenvalue weighted by molar-refractivity contribution is 0.396. The molecule has 2 atom stereocenters. The molecule has 8 aromatic rings. The van der Waals surface area contributed by atoms with Gasteiger partial charge in [0.2, 0.25) is 35.0 Å². The van der Waals surface area contributed by atoms with Crippen molar-refractivity contribution in [3.63, 3.8) is 0 Å². The summed E-state index contributed by atoms with van der Waals surface area (Å²) in [5.41, 5.74) is 15.6. The first-order chi connectivity index (χ1) is 34.7. The first-order valence-electron chi connectivity index (χ1n) is 22.6. The minimum atomic E-state index is -1.47. The minimum Gasteiger partial charge on any atom is -0.481 e. The number of fused-ring (bicyclic) bond motifs is 2. The molecule has 10 rings (SSSR count). The lowest BCUT2D eigenvalue weighted by atomic mass is 9.81. The number of ether oxygens (including phenoxy) is 2. The van der Waals surface area contributed by atoms with Crippen LogP contribution in [0.15, 0.2) is 107 Å². The fraction of sp³-hybridized carbons (Fsp3) is 0.240. The average Bonchev–Trinajstić information content (AvgIpc) is 4.33. The summed E-state index contributed by atoms with van der Waals surface area (Å²) in [5, 5.41) is 27.2. The van der Waals surface area contributed by atoms with Crippen LogP contribution in [-0.2, 0) is 0 Å². The molecular formula is C50H48BClN14O6. The van der Waals surface area contributed by atoms with Gasteiger partial charge in [-0.2, -0.15) is 0 Å². The molecule has 0 unspecified atom stereocenters. The van der Waals surface area contributed by atoms with E-state index >= 15 is 0 Å². The Morgan fingerprint density at radius 3 is 1.69 bits per heavy atom. The number of nitrogens with one attached hydrogen (secondary N) is 2. The minimum absolute atomic E-state index is 0.0392. The number of nitrogens with two attached hydrogens (primary N) is 2. The third-order valence-corrected chi connectivity index (χ3v) is 12.2.